The second-order valence-corrected chi connectivity index (χ2v) is 4.54. The Kier molecular flexibility index (Phi) is 2.95. The summed E-state index contributed by atoms with van der Waals surface area (Å²) in [6.07, 6.45) is 0. The molecule has 0 aromatic heterocycles. The number of hydrogen-bond acceptors (Lipinski definition) is 2. The fraction of sp³-hybridized carbons (Fsp3) is 0.455. The van der Waals surface area contributed by atoms with E-state index >= 15 is 0 Å². The molecule has 2 rings (SSSR count). The molecule has 15 heavy (non-hydrogen) atoms. The van der Waals surface area contributed by atoms with E-state index in [9.17, 15) is 0 Å². The minimum atomic E-state index is -0.682. The summed E-state index contributed by atoms with van der Waals surface area (Å²) in [7, 11) is 0. The van der Waals surface area contributed by atoms with Crippen molar-refractivity contribution in [3.8, 4) is 0 Å². The van der Waals surface area contributed by atoms with Crippen LogP contribution < -0.4 is 0 Å². The standard InChI is InChI=1S/C11H12Cl2O2/c1-7-5-9(12)10(13)6-8(7)11(2)14-3-4-15-11/h5-6H,3-4H2,1-2H3. The topological polar surface area (TPSA) is 18.5 Å². The van der Waals surface area contributed by atoms with Gasteiger partial charge in [-0.3, -0.25) is 0 Å². The Morgan fingerprint density at radius 2 is 1.67 bits per heavy atom. The summed E-state index contributed by atoms with van der Waals surface area (Å²) >= 11 is 11.9. The van der Waals surface area contributed by atoms with Gasteiger partial charge >= 0.3 is 0 Å². The van der Waals surface area contributed by atoms with Gasteiger partial charge in [0.1, 0.15) is 0 Å². The zero-order valence-electron chi connectivity index (χ0n) is 8.64. The summed E-state index contributed by atoms with van der Waals surface area (Å²) in [6, 6.07) is 3.64. The molecule has 0 amide bonds. The van der Waals surface area contributed by atoms with Gasteiger partial charge in [-0.15, -0.1) is 0 Å². The minimum Gasteiger partial charge on any atom is -0.344 e. The van der Waals surface area contributed by atoms with Crippen LogP contribution in [0.1, 0.15) is 18.1 Å². The van der Waals surface area contributed by atoms with Crippen LogP contribution in [0.15, 0.2) is 12.1 Å². The molecule has 0 aliphatic carbocycles. The molecule has 0 unspecified atom stereocenters. The summed E-state index contributed by atoms with van der Waals surface area (Å²) < 4.78 is 11.2. The third-order valence-electron chi connectivity index (χ3n) is 2.59. The Bertz CT molecular complexity index is 384. The maximum Gasteiger partial charge on any atom is 0.192 e. The largest absolute Gasteiger partial charge is 0.344 e. The minimum absolute atomic E-state index is 0.526. The number of aryl methyl sites for hydroxylation is 1. The first-order valence-electron chi connectivity index (χ1n) is 4.77. The lowest BCUT2D eigenvalue weighted by Gasteiger charge is -2.25. The Morgan fingerprint density at radius 1 is 1.13 bits per heavy atom. The lowest BCUT2D eigenvalue weighted by atomic mass is 10.0. The van der Waals surface area contributed by atoms with Crippen LogP contribution in [0.3, 0.4) is 0 Å². The molecule has 0 spiro atoms. The van der Waals surface area contributed by atoms with Gasteiger partial charge in [-0.05, 0) is 31.5 Å². The summed E-state index contributed by atoms with van der Waals surface area (Å²) in [6.45, 7) is 5.08. The van der Waals surface area contributed by atoms with Crippen LogP contribution in [-0.4, -0.2) is 13.2 Å². The first-order chi connectivity index (χ1) is 7.03. The van der Waals surface area contributed by atoms with Crippen molar-refractivity contribution in [2.75, 3.05) is 13.2 Å². The molecule has 0 radical (unpaired) electrons. The van der Waals surface area contributed by atoms with Crippen molar-refractivity contribution in [1.82, 2.24) is 0 Å². The zero-order chi connectivity index (χ0) is 11.1. The Balaban J connectivity index is 2.48. The number of ether oxygens (including phenoxy) is 2. The third kappa shape index (κ3) is 2.00. The molecule has 0 bridgehead atoms. The summed E-state index contributed by atoms with van der Waals surface area (Å²) in [5.74, 6) is -0.682. The lowest BCUT2D eigenvalue weighted by Crippen LogP contribution is -2.23. The molecule has 1 heterocycles. The summed E-state index contributed by atoms with van der Waals surface area (Å²) in [5.41, 5.74) is 1.96. The number of rotatable bonds is 1. The van der Waals surface area contributed by atoms with Gasteiger partial charge in [0, 0.05) is 5.56 Å². The van der Waals surface area contributed by atoms with Gasteiger partial charge in [0.15, 0.2) is 5.79 Å². The third-order valence-corrected chi connectivity index (χ3v) is 3.32. The predicted octanol–water partition coefficient (Wildman–Crippen LogP) is 3.52. The Hall–Kier alpha value is -0.280. The second kappa shape index (κ2) is 3.95. The van der Waals surface area contributed by atoms with Crippen molar-refractivity contribution in [2.45, 2.75) is 19.6 Å². The van der Waals surface area contributed by atoms with Crippen LogP contribution in [0.5, 0.6) is 0 Å². The normalized spacial score (nSPS) is 19.5. The molecular weight excluding hydrogens is 235 g/mol. The fourth-order valence-corrected chi connectivity index (χ4v) is 2.19. The summed E-state index contributed by atoms with van der Waals surface area (Å²) in [4.78, 5) is 0. The highest BCUT2D eigenvalue weighted by Gasteiger charge is 2.34. The van der Waals surface area contributed by atoms with Crippen molar-refractivity contribution in [3.63, 3.8) is 0 Å². The van der Waals surface area contributed by atoms with Gasteiger partial charge in [-0.2, -0.15) is 0 Å². The first-order valence-corrected chi connectivity index (χ1v) is 5.52. The number of hydrogen-bond donors (Lipinski definition) is 0. The highest BCUT2D eigenvalue weighted by molar-refractivity contribution is 6.42. The van der Waals surface area contributed by atoms with Crippen LogP contribution in [0.25, 0.3) is 0 Å². The van der Waals surface area contributed by atoms with Crippen LogP contribution >= 0.6 is 23.2 Å². The molecule has 2 nitrogen and oxygen atoms in total. The lowest BCUT2D eigenvalue weighted by molar-refractivity contribution is -0.150. The highest BCUT2D eigenvalue weighted by atomic mass is 35.5. The maximum atomic E-state index is 5.98. The first kappa shape index (κ1) is 11.2. The van der Waals surface area contributed by atoms with Gasteiger partial charge in [0.05, 0.1) is 23.3 Å². The number of benzene rings is 1. The number of halogens is 2. The van der Waals surface area contributed by atoms with E-state index in [-0.39, 0.29) is 0 Å². The van der Waals surface area contributed by atoms with E-state index in [2.05, 4.69) is 0 Å². The molecule has 1 fully saturated rings. The molecule has 82 valence electrons. The van der Waals surface area contributed by atoms with E-state index in [1.54, 1.807) is 0 Å². The Labute approximate surface area is 99.1 Å². The molecule has 1 aliphatic heterocycles. The molecule has 4 heteroatoms. The van der Waals surface area contributed by atoms with Crippen molar-refractivity contribution < 1.29 is 9.47 Å². The average Bonchev–Trinajstić information content (AvgIpc) is 2.60. The molecule has 0 N–H and O–H groups in total. The molecule has 1 aliphatic rings. The average molecular weight is 247 g/mol. The van der Waals surface area contributed by atoms with Gasteiger partial charge in [0.25, 0.3) is 0 Å². The van der Waals surface area contributed by atoms with Crippen LogP contribution in [0, 0.1) is 6.92 Å². The molecular formula is C11H12Cl2O2. The predicted molar refractivity (Wildman–Crippen MR) is 60.5 cm³/mol. The van der Waals surface area contributed by atoms with E-state index in [1.165, 1.54) is 0 Å². The summed E-state index contributed by atoms with van der Waals surface area (Å²) in [5, 5.41) is 1.08. The van der Waals surface area contributed by atoms with Gasteiger partial charge in [-0.25, -0.2) is 0 Å². The SMILES string of the molecule is Cc1cc(Cl)c(Cl)cc1C1(C)OCCO1. The van der Waals surface area contributed by atoms with Gasteiger partial charge < -0.3 is 9.47 Å². The maximum absolute atomic E-state index is 5.98. The smallest absolute Gasteiger partial charge is 0.192 e. The van der Waals surface area contributed by atoms with Gasteiger partial charge in [-0.1, -0.05) is 23.2 Å². The van der Waals surface area contributed by atoms with Crippen molar-refractivity contribution in [1.29, 1.82) is 0 Å². The van der Waals surface area contributed by atoms with E-state index < -0.39 is 5.79 Å². The van der Waals surface area contributed by atoms with Crippen LogP contribution in [0.2, 0.25) is 10.0 Å². The molecule has 1 aromatic carbocycles. The molecule has 0 atom stereocenters. The van der Waals surface area contributed by atoms with E-state index in [0.29, 0.717) is 23.3 Å². The van der Waals surface area contributed by atoms with Crippen LogP contribution in [-0.2, 0) is 15.3 Å². The van der Waals surface area contributed by atoms with Crippen LogP contribution in [0.4, 0.5) is 0 Å². The second-order valence-electron chi connectivity index (χ2n) is 3.72. The van der Waals surface area contributed by atoms with Gasteiger partial charge in [0.2, 0.25) is 0 Å². The quantitative estimate of drug-likeness (QED) is 0.755. The monoisotopic (exact) mass is 246 g/mol. The van der Waals surface area contributed by atoms with E-state index in [0.717, 1.165) is 11.1 Å². The van der Waals surface area contributed by atoms with E-state index in [1.807, 2.05) is 26.0 Å². The van der Waals surface area contributed by atoms with Crippen molar-refractivity contribution in [3.05, 3.63) is 33.3 Å². The van der Waals surface area contributed by atoms with Crippen molar-refractivity contribution >= 4 is 23.2 Å². The zero-order valence-corrected chi connectivity index (χ0v) is 10.2. The Morgan fingerprint density at radius 3 is 2.27 bits per heavy atom. The molecule has 0 saturated carbocycles. The fourth-order valence-electron chi connectivity index (χ4n) is 1.81. The highest BCUT2D eigenvalue weighted by Crippen LogP contribution is 2.36. The van der Waals surface area contributed by atoms with E-state index in [4.69, 9.17) is 32.7 Å². The van der Waals surface area contributed by atoms with Crippen molar-refractivity contribution in [2.24, 2.45) is 0 Å². The molecule has 1 saturated heterocycles. The molecule has 1 aromatic rings.